The van der Waals surface area contributed by atoms with Crippen molar-refractivity contribution in [1.29, 1.82) is 0 Å². The molecule has 0 aliphatic carbocycles. The second-order valence-electron chi connectivity index (χ2n) is 18.4. The molecular formula is C64H38N4. The van der Waals surface area contributed by atoms with Gasteiger partial charge in [0.2, 0.25) is 0 Å². The minimum atomic E-state index is 1.16. The van der Waals surface area contributed by atoms with Crippen molar-refractivity contribution in [3.05, 3.63) is 231 Å². The Hall–Kier alpha value is -9.12. The molecule has 0 N–H and O–H groups in total. The van der Waals surface area contributed by atoms with E-state index in [0.29, 0.717) is 0 Å². The Morgan fingerprint density at radius 1 is 0.191 bits per heavy atom. The third-order valence-corrected chi connectivity index (χ3v) is 15.1. The number of hydrogen-bond donors (Lipinski definition) is 0. The molecule has 0 saturated heterocycles. The molecule has 0 bridgehead atoms. The zero-order valence-corrected chi connectivity index (χ0v) is 36.7. The zero-order valence-electron chi connectivity index (χ0n) is 36.7. The van der Waals surface area contributed by atoms with Crippen molar-refractivity contribution in [2.24, 2.45) is 0 Å². The van der Waals surface area contributed by atoms with Crippen molar-refractivity contribution in [2.45, 2.75) is 0 Å². The molecule has 4 heteroatoms. The summed E-state index contributed by atoms with van der Waals surface area (Å²) in [5.41, 5.74) is 16.9. The second-order valence-corrected chi connectivity index (χ2v) is 18.4. The van der Waals surface area contributed by atoms with E-state index in [1.807, 2.05) is 0 Å². The lowest BCUT2D eigenvalue weighted by atomic mass is 9.90. The van der Waals surface area contributed by atoms with E-state index in [-0.39, 0.29) is 0 Å². The highest BCUT2D eigenvalue weighted by Crippen LogP contribution is 2.48. The highest BCUT2D eigenvalue weighted by atomic mass is 15.0. The van der Waals surface area contributed by atoms with Gasteiger partial charge in [-0.2, -0.15) is 0 Å². The molecule has 0 atom stereocenters. The van der Waals surface area contributed by atoms with Gasteiger partial charge in [-0.05, 0) is 130 Å². The van der Waals surface area contributed by atoms with Gasteiger partial charge in [-0.15, -0.1) is 0 Å². The molecule has 4 aromatic heterocycles. The molecule has 0 unspecified atom stereocenters. The minimum absolute atomic E-state index is 1.16. The molecule has 0 aliphatic rings. The summed E-state index contributed by atoms with van der Waals surface area (Å²) in [4.78, 5) is 0. The quantitative estimate of drug-likeness (QED) is 0.154. The van der Waals surface area contributed by atoms with E-state index >= 15 is 0 Å². The third-order valence-electron chi connectivity index (χ3n) is 15.1. The number of aromatic nitrogens is 4. The fourth-order valence-corrected chi connectivity index (χ4v) is 12.3. The number of fused-ring (bicyclic) bond motifs is 6. The first-order chi connectivity index (χ1) is 33.8. The molecule has 16 rings (SSSR count). The van der Waals surface area contributed by atoms with Crippen LogP contribution in [0.2, 0.25) is 0 Å². The minimum Gasteiger partial charge on any atom is -0.309 e. The van der Waals surface area contributed by atoms with Crippen LogP contribution in [-0.4, -0.2) is 18.3 Å². The number of nitrogens with zero attached hydrogens (tertiary/aromatic N) is 4. The van der Waals surface area contributed by atoms with Crippen molar-refractivity contribution in [3.63, 3.8) is 0 Å². The number of benzene rings is 12. The van der Waals surface area contributed by atoms with Crippen molar-refractivity contribution < 1.29 is 0 Å². The standard InChI is InChI=1S/C64H38N4/c1-3-15-41(16-4-1)65-53-21-9-7-19-47(53)51-37-43(27-33-55(51)65)67-57-23-11-13-39-25-29-49-45(31-35-59(67)63(49)61(39)57)46-32-36-60-64-50(46)30-26-40-14-12-24-58(62(40)64)68(60)44-28-34-56-52(38-44)48-20-8-10-22-54(48)66(56)42-17-5-2-6-18-42/h1-38H. The Labute approximate surface area is 389 Å². The summed E-state index contributed by atoms with van der Waals surface area (Å²) in [6.45, 7) is 0. The predicted octanol–water partition coefficient (Wildman–Crippen LogP) is 16.9. The average molecular weight is 863 g/mol. The maximum absolute atomic E-state index is 2.49. The van der Waals surface area contributed by atoms with E-state index in [2.05, 4.69) is 249 Å². The van der Waals surface area contributed by atoms with Crippen LogP contribution >= 0.6 is 0 Å². The monoisotopic (exact) mass is 862 g/mol. The lowest BCUT2D eigenvalue weighted by molar-refractivity contribution is 1.17. The molecule has 0 spiro atoms. The van der Waals surface area contributed by atoms with Gasteiger partial charge in [0.05, 0.1) is 44.1 Å². The van der Waals surface area contributed by atoms with Gasteiger partial charge in [0, 0.05) is 65.8 Å². The van der Waals surface area contributed by atoms with Crippen LogP contribution in [0.3, 0.4) is 0 Å². The Morgan fingerprint density at radius 2 is 0.559 bits per heavy atom. The normalized spacial score (nSPS) is 12.4. The summed E-state index contributed by atoms with van der Waals surface area (Å²) in [5, 5.41) is 15.3. The Kier molecular flexibility index (Phi) is 7.04. The van der Waals surface area contributed by atoms with Gasteiger partial charge in [-0.1, -0.05) is 133 Å². The van der Waals surface area contributed by atoms with Crippen molar-refractivity contribution >= 4 is 109 Å². The second kappa shape index (κ2) is 13.3. The predicted molar refractivity (Wildman–Crippen MR) is 287 cm³/mol. The number of para-hydroxylation sites is 4. The van der Waals surface area contributed by atoms with Crippen LogP contribution in [0, 0.1) is 0 Å². The molecule has 0 radical (unpaired) electrons. The first-order valence-electron chi connectivity index (χ1n) is 23.5. The summed E-state index contributed by atoms with van der Waals surface area (Å²) in [7, 11) is 0. The van der Waals surface area contributed by atoms with Crippen LogP contribution in [-0.2, 0) is 0 Å². The largest absolute Gasteiger partial charge is 0.309 e. The smallest absolute Gasteiger partial charge is 0.0547 e. The summed E-state index contributed by atoms with van der Waals surface area (Å²) in [6, 6.07) is 85.4. The lowest BCUT2D eigenvalue weighted by Gasteiger charge is -2.14. The Bertz CT molecular complexity index is 4410. The fraction of sp³-hybridized carbons (Fsp3) is 0. The summed E-state index contributed by atoms with van der Waals surface area (Å²) < 4.78 is 9.76. The van der Waals surface area contributed by atoms with Gasteiger partial charge in [0.25, 0.3) is 0 Å². The lowest BCUT2D eigenvalue weighted by Crippen LogP contribution is -1.96. The molecule has 0 aliphatic heterocycles. The topological polar surface area (TPSA) is 19.7 Å². The molecule has 314 valence electrons. The van der Waals surface area contributed by atoms with Crippen LogP contribution in [0.5, 0.6) is 0 Å². The van der Waals surface area contributed by atoms with Gasteiger partial charge in [0.1, 0.15) is 0 Å². The summed E-state index contributed by atoms with van der Waals surface area (Å²) in [5.74, 6) is 0. The first kappa shape index (κ1) is 36.1. The highest BCUT2D eigenvalue weighted by Gasteiger charge is 2.24. The molecule has 0 amide bonds. The molecular weight excluding hydrogens is 825 g/mol. The van der Waals surface area contributed by atoms with E-state index in [4.69, 9.17) is 0 Å². The zero-order chi connectivity index (χ0) is 44.2. The van der Waals surface area contributed by atoms with Crippen LogP contribution in [0.15, 0.2) is 231 Å². The van der Waals surface area contributed by atoms with Gasteiger partial charge in [0.15, 0.2) is 0 Å². The van der Waals surface area contributed by atoms with E-state index in [1.54, 1.807) is 0 Å². The van der Waals surface area contributed by atoms with E-state index < -0.39 is 0 Å². The van der Waals surface area contributed by atoms with Crippen molar-refractivity contribution in [3.8, 4) is 33.9 Å². The van der Waals surface area contributed by atoms with Crippen molar-refractivity contribution in [1.82, 2.24) is 18.3 Å². The summed E-state index contributed by atoms with van der Waals surface area (Å²) >= 11 is 0. The summed E-state index contributed by atoms with van der Waals surface area (Å²) in [6.07, 6.45) is 0. The van der Waals surface area contributed by atoms with E-state index in [9.17, 15) is 0 Å². The Morgan fingerprint density at radius 3 is 1.03 bits per heavy atom. The molecule has 4 heterocycles. The Balaban J connectivity index is 0.907. The first-order valence-corrected chi connectivity index (χ1v) is 23.5. The molecule has 16 aromatic rings. The molecule has 4 nitrogen and oxygen atoms in total. The van der Waals surface area contributed by atoms with Crippen molar-refractivity contribution in [2.75, 3.05) is 0 Å². The van der Waals surface area contributed by atoms with E-state index in [0.717, 1.165) is 11.4 Å². The third kappa shape index (κ3) is 4.68. The molecule has 0 fully saturated rings. The van der Waals surface area contributed by atoms with Gasteiger partial charge in [-0.25, -0.2) is 0 Å². The van der Waals surface area contributed by atoms with Crippen LogP contribution in [0.1, 0.15) is 0 Å². The van der Waals surface area contributed by atoms with E-state index in [1.165, 1.54) is 131 Å². The number of rotatable bonds is 5. The molecule has 68 heavy (non-hydrogen) atoms. The SMILES string of the molecule is c1ccc(-n2c3ccccc3c3cc(-n4c5cccc6ccc7c(-c8ccc9c%10c8ccc8cccc(c8%10)n9-c8ccc9c(c8)c8ccccc8n9-c8ccccc8)ccc4c7c65)ccc32)cc1. The average Bonchev–Trinajstić information content (AvgIpc) is 4.13. The van der Waals surface area contributed by atoms with Crippen LogP contribution in [0.25, 0.3) is 143 Å². The van der Waals surface area contributed by atoms with Gasteiger partial charge >= 0.3 is 0 Å². The molecule has 0 saturated carbocycles. The maximum Gasteiger partial charge on any atom is 0.0547 e. The maximum atomic E-state index is 2.49. The number of hydrogen-bond acceptors (Lipinski definition) is 0. The molecule has 12 aromatic carbocycles. The van der Waals surface area contributed by atoms with Gasteiger partial charge in [-0.3, -0.25) is 0 Å². The van der Waals surface area contributed by atoms with Gasteiger partial charge < -0.3 is 18.3 Å². The van der Waals surface area contributed by atoms with Crippen LogP contribution in [0.4, 0.5) is 0 Å². The fourth-order valence-electron chi connectivity index (χ4n) is 12.3. The highest BCUT2D eigenvalue weighted by molar-refractivity contribution is 6.30. The van der Waals surface area contributed by atoms with Crippen LogP contribution < -0.4 is 0 Å².